The smallest absolute Gasteiger partial charge is 0.355 e. The van der Waals surface area contributed by atoms with Crippen LogP contribution in [0.2, 0.25) is 0 Å². The second kappa shape index (κ2) is 12.4. The fraction of sp³-hybridized carbons (Fsp3) is 0.737. The van der Waals surface area contributed by atoms with Gasteiger partial charge in [0, 0.05) is 30.1 Å². The van der Waals surface area contributed by atoms with Gasteiger partial charge in [0.15, 0.2) is 10.0 Å². The number of carbonyl (C=O) groups excluding carboxylic acids is 1. The van der Waals surface area contributed by atoms with Crippen LogP contribution >= 0.6 is 23.1 Å². The summed E-state index contributed by atoms with van der Waals surface area (Å²) < 4.78 is 0.742. The second-order valence-electron chi connectivity index (χ2n) is 7.57. The summed E-state index contributed by atoms with van der Waals surface area (Å²) in [5, 5.41) is 13.7. The molecule has 0 unspecified atom stereocenters. The summed E-state index contributed by atoms with van der Waals surface area (Å²) in [4.78, 5) is 28.1. The third-order valence-electron chi connectivity index (χ3n) is 3.99. The summed E-state index contributed by atoms with van der Waals surface area (Å²) in [5.74, 6) is 1.53. The van der Waals surface area contributed by atoms with Gasteiger partial charge in [-0.1, -0.05) is 39.5 Å². The van der Waals surface area contributed by atoms with E-state index >= 15 is 0 Å². The van der Waals surface area contributed by atoms with Gasteiger partial charge in [0.1, 0.15) is 0 Å². The largest absolute Gasteiger partial charge is 0.476 e. The van der Waals surface area contributed by atoms with Crippen LogP contribution in [0, 0.1) is 11.8 Å². The van der Waals surface area contributed by atoms with Crippen molar-refractivity contribution in [1.29, 1.82) is 0 Å². The first-order valence-corrected chi connectivity index (χ1v) is 11.4. The summed E-state index contributed by atoms with van der Waals surface area (Å²) >= 11 is 2.83. The van der Waals surface area contributed by atoms with Crippen LogP contribution in [-0.4, -0.2) is 58.3 Å². The lowest BCUT2D eigenvalue weighted by atomic mass is 10.2. The number of nitrogens with zero attached hydrogens (tertiary/aromatic N) is 2. The Morgan fingerprint density at radius 2 is 2.00 bits per heavy atom. The lowest BCUT2D eigenvalue weighted by Gasteiger charge is -2.20. The minimum absolute atomic E-state index is 0.0908. The maximum Gasteiger partial charge on any atom is 0.355 e. The first-order valence-electron chi connectivity index (χ1n) is 9.52. The van der Waals surface area contributed by atoms with Crippen molar-refractivity contribution in [2.24, 2.45) is 11.8 Å². The van der Waals surface area contributed by atoms with Crippen molar-refractivity contribution < 1.29 is 14.7 Å². The molecule has 1 aromatic heterocycles. The highest BCUT2D eigenvalue weighted by atomic mass is 32.2. The maximum atomic E-state index is 11.5. The molecule has 2 N–H and O–H groups in total. The van der Waals surface area contributed by atoms with E-state index in [1.54, 1.807) is 0 Å². The van der Waals surface area contributed by atoms with Gasteiger partial charge in [-0.15, -0.1) is 11.3 Å². The number of aromatic carboxylic acids is 1. The number of hydrogen-bond donors (Lipinski definition) is 2. The van der Waals surface area contributed by atoms with E-state index in [4.69, 9.17) is 5.11 Å². The van der Waals surface area contributed by atoms with Crippen LogP contribution in [0.25, 0.3) is 0 Å². The molecule has 27 heavy (non-hydrogen) atoms. The van der Waals surface area contributed by atoms with Crippen molar-refractivity contribution in [3.8, 4) is 0 Å². The normalized spacial score (nSPS) is 16.8. The molecule has 1 aromatic rings. The number of aromatic nitrogens is 1. The van der Waals surface area contributed by atoms with Crippen LogP contribution in [0.15, 0.2) is 9.72 Å². The zero-order chi connectivity index (χ0) is 20.4. The molecule has 1 atom stereocenters. The van der Waals surface area contributed by atoms with Crippen molar-refractivity contribution in [1.82, 2.24) is 15.2 Å². The van der Waals surface area contributed by atoms with Gasteiger partial charge in [-0.2, -0.15) is 0 Å². The highest BCUT2D eigenvalue weighted by Gasteiger charge is 2.26. The van der Waals surface area contributed by atoms with Crippen LogP contribution in [-0.2, 0) is 4.79 Å². The molecule has 0 aromatic carbocycles. The van der Waals surface area contributed by atoms with Crippen LogP contribution in [0.1, 0.15) is 57.9 Å². The average Bonchev–Trinajstić information content (AvgIpc) is 3.16. The zero-order valence-electron chi connectivity index (χ0n) is 17.0. The van der Waals surface area contributed by atoms with E-state index < -0.39 is 5.97 Å². The average molecular weight is 416 g/mol. The molecule has 0 saturated carbocycles. The fourth-order valence-electron chi connectivity index (χ4n) is 2.54. The van der Waals surface area contributed by atoms with E-state index in [9.17, 15) is 9.59 Å². The quantitative estimate of drug-likeness (QED) is 0.597. The van der Waals surface area contributed by atoms with Gasteiger partial charge in [-0.25, -0.2) is 9.78 Å². The standard InChI is InChI=1S/C11H14N2O3S2.C8H19N/c1-7-2-3-9(14)13(7)4-5-17-11-12-8(6-18-11)10(15)16;1-7(2)5-9-6-8(3)4/h6-7H,2-5H2,1H3,(H,15,16);7-9H,5-6H2,1-4H3/t7-;/m1./s1. The molecule has 2 rings (SSSR count). The second-order valence-corrected chi connectivity index (χ2v) is 9.77. The molecule has 6 nitrogen and oxygen atoms in total. The predicted octanol–water partition coefficient (Wildman–Crippen LogP) is 3.83. The van der Waals surface area contributed by atoms with Crippen molar-refractivity contribution in [3.63, 3.8) is 0 Å². The van der Waals surface area contributed by atoms with E-state index in [1.165, 1.54) is 28.5 Å². The Morgan fingerprint density at radius 1 is 1.37 bits per heavy atom. The van der Waals surface area contributed by atoms with Gasteiger partial charge in [-0.05, 0) is 38.3 Å². The molecule has 1 aliphatic heterocycles. The SMILES string of the molecule is CC(C)CNCC(C)C.C[C@@H]1CCC(=O)N1CCSc1nc(C(=O)O)cs1. The fourth-order valence-corrected chi connectivity index (χ4v) is 4.35. The molecule has 1 fully saturated rings. The summed E-state index contributed by atoms with van der Waals surface area (Å²) in [6.45, 7) is 14.0. The number of hydrogen-bond acceptors (Lipinski definition) is 6. The van der Waals surface area contributed by atoms with Crippen LogP contribution in [0.5, 0.6) is 0 Å². The molecule has 1 amide bonds. The topological polar surface area (TPSA) is 82.5 Å². The Morgan fingerprint density at radius 3 is 2.44 bits per heavy atom. The van der Waals surface area contributed by atoms with Crippen molar-refractivity contribution in [2.45, 2.75) is 57.8 Å². The molecular formula is C19H33N3O3S2. The number of thioether (sulfide) groups is 1. The number of carboxylic acid groups (broad SMARTS) is 1. The number of amides is 1. The number of carboxylic acids is 1. The van der Waals surface area contributed by atoms with Crippen molar-refractivity contribution in [3.05, 3.63) is 11.1 Å². The maximum absolute atomic E-state index is 11.5. The summed E-state index contributed by atoms with van der Waals surface area (Å²) in [6.07, 6.45) is 1.58. The van der Waals surface area contributed by atoms with Crippen LogP contribution in [0.3, 0.4) is 0 Å². The Labute approximate surface area is 171 Å². The first kappa shape index (κ1) is 23.9. The van der Waals surface area contributed by atoms with E-state index in [0.717, 1.165) is 41.4 Å². The van der Waals surface area contributed by atoms with Crippen molar-refractivity contribution in [2.75, 3.05) is 25.4 Å². The third kappa shape index (κ3) is 9.58. The highest BCUT2D eigenvalue weighted by molar-refractivity contribution is 8.01. The molecule has 0 aliphatic carbocycles. The van der Waals surface area contributed by atoms with Gasteiger partial charge in [0.2, 0.25) is 5.91 Å². The van der Waals surface area contributed by atoms with Crippen molar-refractivity contribution >= 4 is 35.0 Å². The molecule has 1 saturated heterocycles. The van der Waals surface area contributed by atoms with Crippen LogP contribution in [0.4, 0.5) is 0 Å². The summed E-state index contributed by atoms with van der Waals surface area (Å²) in [5.41, 5.74) is 0.0908. The Kier molecular flexibility index (Phi) is 10.9. The molecule has 0 spiro atoms. The number of likely N-dealkylation sites (tertiary alicyclic amines) is 1. The monoisotopic (exact) mass is 415 g/mol. The minimum atomic E-state index is -0.999. The number of nitrogens with one attached hydrogen (secondary N) is 1. The molecular weight excluding hydrogens is 382 g/mol. The Balaban J connectivity index is 0.000000345. The summed E-state index contributed by atoms with van der Waals surface area (Å²) in [7, 11) is 0. The lowest BCUT2D eigenvalue weighted by Crippen LogP contribution is -2.32. The highest BCUT2D eigenvalue weighted by Crippen LogP contribution is 2.24. The Hall–Kier alpha value is -1.12. The molecule has 1 aliphatic rings. The van der Waals surface area contributed by atoms with Gasteiger partial charge in [0.05, 0.1) is 0 Å². The third-order valence-corrected chi connectivity index (χ3v) is 5.99. The first-order chi connectivity index (χ1) is 12.7. The molecule has 2 heterocycles. The lowest BCUT2D eigenvalue weighted by molar-refractivity contribution is -0.128. The molecule has 154 valence electrons. The summed E-state index contributed by atoms with van der Waals surface area (Å²) in [6, 6.07) is 0.323. The number of thiazole rings is 1. The van der Waals surface area contributed by atoms with Gasteiger partial charge in [-0.3, -0.25) is 4.79 Å². The predicted molar refractivity (Wildman–Crippen MR) is 113 cm³/mol. The minimum Gasteiger partial charge on any atom is -0.476 e. The van der Waals surface area contributed by atoms with Gasteiger partial charge >= 0.3 is 5.97 Å². The molecule has 0 bridgehead atoms. The van der Waals surface area contributed by atoms with Crippen LogP contribution < -0.4 is 5.32 Å². The van der Waals surface area contributed by atoms with E-state index in [-0.39, 0.29) is 11.6 Å². The van der Waals surface area contributed by atoms with Gasteiger partial charge in [0.25, 0.3) is 0 Å². The van der Waals surface area contributed by atoms with E-state index in [1.807, 2.05) is 4.90 Å². The van der Waals surface area contributed by atoms with E-state index in [0.29, 0.717) is 19.0 Å². The zero-order valence-corrected chi connectivity index (χ0v) is 18.7. The molecule has 8 heteroatoms. The number of carbonyl (C=O) groups is 2. The Bertz CT molecular complexity index is 583. The van der Waals surface area contributed by atoms with E-state index in [2.05, 4.69) is 44.9 Å². The molecule has 0 radical (unpaired) electrons. The number of rotatable bonds is 9. The van der Waals surface area contributed by atoms with Gasteiger partial charge < -0.3 is 15.3 Å².